The monoisotopic (exact) mass is 584 g/mol. The number of imide groups is 1. The van der Waals surface area contributed by atoms with Crippen molar-refractivity contribution in [3.05, 3.63) is 41.4 Å². The van der Waals surface area contributed by atoms with Crippen LogP contribution in [0.3, 0.4) is 0 Å². The topological polar surface area (TPSA) is 118 Å². The van der Waals surface area contributed by atoms with E-state index < -0.39 is 66.4 Å². The molecule has 1 saturated heterocycles. The summed E-state index contributed by atoms with van der Waals surface area (Å²) in [6.07, 6.45) is -0.488. The molecule has 0 bridgehead atoms. The number of carbonyl (C=O) groups excluding carboxylic acids is 3. The Hall–Kier alpha value is -3.19. The molecule has 14 heteroatoms. The highest BCUT2D eigenvalue weighted by Crippen LogP contribution is 2.44. The fraction of sp³-hybridized carbons (Fsp3) is 0.577. The number of benzene rings is 1. The van der Waals surface area contributed by atoms with Gasteiger partial charge in [-0.15, -0.1) is 0 Å². The van der Waals surface area contributed by atoms with E-state index in [4.69, 9.17) is 16.3 Å². The molecule has 1 saturated carbocycles. The fourth-order valence-electron chi connectivity index (χ4n) is 5.01. The quantitative estimate of drug-likeness (QED) is 0.484. The summed E-state index contributed by atoms with van der Waals surface area (Å²) in [5.41, 5.74) is 0.432. The Bertz CT molecular complexity index is 1230. The number of aromatic nitrogens is 3. The molecule has 2 N–H and O–H groups in total. The number of hydrogen-bond donors (Lipinski definition) is 2. The predicted octanol–water partition coefficient (Wildman–Crippen LogP) is 3.80. The molecular weight excluding hydrogens is 553 g/mol. The lowest BCUT2D eigenvalue weighted by Crippen LogP contribution is -2.54. The highest BCUT2D eigenvalue weighted by Gasteiger charge is 2.47. The van der Waals surface area contributed by atoms with Crippen molar-refractivity contribution in [1.29, 1.82) is 0 Å². The van der Waals surface area contributed by atoms with Gasteiger partial charge in [0.25, 0.3) is 0 Å². The molecule has 0 spiro atoms. The highest BCUT2D eigenvalue weighted by molar-refractivity contribution is 6.30. The largest absolute Gasteiger partial charge is 0.444 e. The van der Waals surface area contributed by atoms with E-state index in [0.717, 1.165) is 0 Å². The number of ether oxygens (including phenoxy) is 1. The Morgan fingerprint density at radius 2 is 1.98 bits per heavy atom. The normalized spacial score (nSPS) is 21.9. The summed E-state index contributed by atoms with van der Waals surface area (Å²) in [7, 11) is 0. The summed E-state index contributed by atoms with van der Waals surface area (Å²) in [5, 5.41) is 9.21. The van der Waals surface area contributed by atoms with Crippen molar-refractivity contribution in [2.75, 3.05) is 6.54 Å². The number of carbonyl (C=O) groups is 3. The zero-order valence-corrected chi connectivity index (χ0v) is 23.1. The van der Waals surface area contributed by atoms with Crippen LogP contribution in [-0.2, 0) is 20.9 Å². The summed E-state index contributed by atoms with van der Waals surface area (Å²) in [4.78, 5) is 44.2. The van der Waals surface area contributed by atoms with Crippen LogP contribution in [0, 0.1) is 5.92 Å². The Balaban J connectivity index is 1.46. The molecule has 10 nitrogen and oxygen atoms in total. The van der Waals surface area contributed by atoms with Gasteiger partial charge in [-0.25, -0.2) is 27.6 Å². The van der Waals surface area contributed by atoms with Gasteiger partial charge in [0, 0.05) is 37.4 Å². The van der Waals surface area contributed by atoms with Crippen LogP contribution >= 0.6 is 11.6 Å². The van der Waals surface area contributed by atoms with E-state index in [2.05, 4.69) is 20.7 Å². The third-order valence-corrected chi connectivity index (χ3v) is 6.97. The average molecular weight is 585 g/mol. The number of alkyl carbamates (subject to hydrolysis) is 1. The lowest BCUT2D eigenvalue weighted by Gasteiger charge is -2.36. The SMILES string of the molecule is CC(C)(C)OC(=O)NC(CC1CC(F)(F)C1)C(=O)NC(=O)[C@@H]1C[C@@H](F)CN1Cc1cc(Cl)ccc1-n1cncn1. The number of halogens is 4. The molecule has 1 aliphatic carbocycles. The second-order valence-electron chi connectivity index (χ2n) is 11.3. The number of amides is 3. The predicted molar refractivity (Wildman–Crippen MR) is 139 cm³/mol. The molecule has 1 unspecified atom stereocenters. The fourth-order valence-corrected chi connectivity index (χ4v) is 5.20. The van der Waals surface area contributed by atoms with Gasteiger partial charge in [0.05, 0.1) is 11.7 Å². The van der Waals surface area contributed by atoms with E-state index in [1.807, 2.05) is 0 Å². The van der Waals surface area contributed by atoms with Gasteiger partial charge < -0.3 is 10.1 Å². The smallest absolute Gasteiger partial charge is 0.408 e. The molecule has 4 rings (SSSR count). The van der Waals surface area contributed by atoms with Crippen LogP contribution in [0.5, 0.6) is 0 Å². The van der Waals surface area contributed by atoms with E-state index in [9.17, 15) is 27.6 Å². The number of rotatable bonds is 8. The van der Waals surface area contributed by atoms with E-state index >= 15 is 0 Å². The molecule has 2 fully saturated rings. The number of hydrogen-bond acceptors (Lipinski definition) is 7. The van der Waals surface area contributed by atoms with Gasteiger partial charge in [0.2, 0.25) is 17.7 Å². The zero-order chi connectivity index (χ0) is 29.2. The minimum absolute atomic E-state index is 0.0632. The van der Waals surface area contributed by atoms with Crippen molar-refractivity contribution >= 4 is 29.5 Å². The summed E-state index contributed by atoms with van der Waals surface area (Å²) >= 11 is 6.20. The molecule has 0 radical (unpaired) electrons. The van der Waals surface area contributed by atoms with E-state index in [1.54, 1.807) is 43.9 Å². The minimum Gasteiger partial charge on any atom is -0.444 e. The molecule has 1 aliphatic heterocycles. The van der Waals surface area contributed by atoms with Crippen LogP contribution < -0.4 is 10.6 Å². The average Bonchev–Trinajstić information content (AvgIpc) is 3.46. The van der Waals surface area contributed by atoms with E-state index in [1.165, 1.54) is 17.3 Å². The van der Waals surface area contributed by atoms with Crippen LogP contribution in [0.1, 0.15) is 52.0 Å². The molecule has 2 aromatic rings. The van der Waals surface area contributed by atoms with Crippen molar-refractivity contribution in [1.82, 2.24) is 30.3 Å². The second-order valence-corrected chi connectivity index (χ2v) is 11.7. The Labute approximate surface area is 234 Å². The van der Waals surface area contributed by atoms with E-state index in [0.29, 0.717) is 16.3 Å². The van der Waals surface area contributed by atoms with Gasteiger partial charge in [-0.2, -0.15) is 5.10 Å². The molecule has 40 heavy (non-hydrogen) atoms. The van der Waals surface area contributed by atoms with Crippen molar-refractivity contribution in [2.45, 2.75) is 82.8 Å². The van der Waals surface area contributed by atoms with E-state index in [-0.39, 0.29) is 25.9 Å². The molecule has 3 amide bonds. The molecular formula is C26H32ClF3N6O4. The Kier molecular flexibility index (Phi) is 8.74. The third kappa shape index (κ3) is 7.72. The van der Waals surface area contributed by atoms with Crippen LogP contribution in [-0.4, -0.2) is 73.9 Å². The van der Waals surface area contributed by atoms with Crippen LogP contribution in [0.4, 0.5) is 18.0 Å². The number of likely N-dealkylation sites (tertiary alicyclic amines) is 1. The third-order valence-electron chi connectivity index (χ3n) is 6.73. The molecule has 3 atom stereocenters. The van der Waals surface area contributed by atoms with Gasteiger partial charge in [-0.3, -0.25) is 19.8 Å². The molecule has 218 valence electrons. The first kappa shape index (κ1) is 29.8. The summed E-state index contributed by atoms with van der Waals surface area (Å²) in [6, 6.07) is 2.78. The zero-order valence-electron chi connectivity index (χ0n) is 22.4. The van der Waals surface area contributed by atoms with Crippen molar-refractivity contribution < 1.29 is 32.3 Å². The van der Waals surface area contributed by atoms with Crippen LogP contribution in [0.15, 0.2) is 30.9 Å². The summed E-state index contributed by atoms with van der Waals surface area (Å²) in [6.45, 7) is 4.96. The van der Waals surface area contributed by atoms with Crippen molar-refractivity contribution in [2.24, 2.45) is 5.92 Å². The molecule has 1 aromatic carbocycles. The first-order valence-electron chi connectivity index (χ1n) is 12.9. The van der Waals surface area contributed by atoms with Gasteiger partial charge in [-0.1, -0.05) is 11.6 Å². The van der Waals surface area contributed by atoms with Gasteiger partial charge >= 0.3 is 6.09 Å². The number of alkyl halides is 3. The maximum absolute atomic E-state index is 14.6. The number of nitrogens with one attached hydrogen (secondary N) is 2. The first-order chi connectivity index (χ1) is 18.7. The first-order valence-corrected chi connectivity index (χ1v) is 13.3. The Morgan fingerprint density at radius 3 is 2.60 bits per heavy atom. The van der Waals surface area contributed by atoms with Crippen molar-refractivity contribution in [3.8, 4) is 5.69 Å². The number of nitrogens with zero attached hydrogens (tertiary/aromatic N) is 4. The molecule has 2 aliphatic rings. The lowest BCUT2D eigenvalue weighted by atomic mass is 9.77. The van der Waals surface area contributed by atoms with Gasteiger partial charge in [0.15, 0.2) is 0 Å². The maximum atomic E-state index is 14.6. The minimum atomic E-state index is -2.82. The summed E-state index contributed by atoms with van der Waals surface area (Å²) < 4.78 is 48.1. The van der Waals surface area contributed by atoms with Crippen LogP contribution in [0.2, 0.25) is 5.02 Å². The van der Waals surface area contributed by atoms with Gasteiger partial charge in [0.1, 0.15) is 30.5 Å². The maximum Gasteiger partial charge on any atom is 0.408 e. The molecule has 1 aromatic heterocycles. The summed E-state index contributed by atoms with van der Waals surface area (Å²) in [5.74, 6) is -4.98. The Morgan fingerprint density at radius 1 is 1.25 bits per heavy atom. The highest BCUT2D eigenvalue weighted by atomic mass is 35.5. The molecule has 2 heterocycles. The van der Waals surface area contributed by atoms with Crippen LogP contribution in [0.25, 0.3) is 5.69 Å². The lowest BCUT2D eigenvalue weighted by molar-refractivity contribution is -0.137. The van der Waals surface area contributed by atoms with Gasteiger partial charge in [-0.05, 0) is 56.9 Å². The second kappa shape index (κ2) is 11.7. The van der Waals surface area contributed by atoms with Crippen molar-refractivity contribution in [3.63, 3.8) is 0 Å². The standard InChI is InChI=1S/C26H32ClF3N6O4/c1-25(2,3)40-24(39)33-19(6-15-9-26(29,30)10-15)22(37)34-23(38)21-8-18(28)12-35(21)11-16-7-17(27)4-5-20(16)36-14-31-13-32-36/h4-5,7,13-15,18-19,21H,6,8-12H2,1-3H3,(H,33,39)(H,34,37,38)/t18-,19?,21+/m1/s1.